The lowest BCUT2D eigenvalue weighted by Gasteiger charge is -2.45. The van der Waals surface area contributed by atoms with E-state index in [4.69, 9.17) is 4.55 Å². The van der Waals surface area contributed by atoms with Gasteiger partial charge in [-0.2, -0.15) is 8.42 Å². The molecule has 0 saturated carbocycles. The standard InChI is InChI=1S/C14H18N2O9S2/c1-7(25-27(21,22)23)11-9-6-10(26(20)5-4-15-8(2)17)12(14(19)24-3)16(9)13(11)18/h4-5,7,9,11H,6H2,1-3H3,(H,15,17)(H,21,22,23)/b5-4+/t7-,9+,11-,26?/m0/s1. The van der Waals surface area contributed by atoms with Gasteiger partial charge in [-0.05, 0) is 6.92 Å². The van der Waals surface area contributed by atoms with Crippen LogP contribution in [0.4, 0.5) is 0 Å². The maximum absolute atomic E-state index is 12.5. The summed E-state index contributed by atoms with van der Waals surface area (Å²) in [5.74, 6) is -2.83. The van der Waals surface area contributed by atoms with E-state index in [2.05, 4.69) is 14.2 Å². The number of hydrogen-bond donors (Lipinski definition) is 2. The Balaban J connectivity index is 2.28. The average molecular weight is 422 g/mol. The van der Waals surface area contributed by atoms with Crippen molar-refractivity contribution in [2.45, 2.75) is 32.4 Å². The Bertz CT molecular complexity index is 862. The number of nitrogens with one attached hydrogen (secondary N) is 1. The summed E-state index contributed by atoms with van der Waals surface area (Å²) in [6, 6.07) is -0.670. The number of hydrogen-bond acceptors (Lipinski definition) is 8. The Kier molecular flexibility index (Phi) is 6.19. The number of fused-ring (bicyclic) bond motifs is 1. The fourth-order valence-corrected chi connectivity index (χ4v) is 4.60. The van der Waals surface area contributed by atoms with E-state index in [0.29, 0.717) is 0 Å². The molecule has 2 aliphatic heterocycles. The molecule has 0 radical (unpaired) electrons. The second-order valence-corrected chi connectivity index (χ2v) is 8.21. The topological polar surface area (TPSA) is 156 Å². The lowest BCUT2D eigenvalue weighted by molar-refractivity contribution is -0.160. The number of β-lactam (4-membered cyclic amide) rings is 1. The highest BCUT2D eigenvalue weighted by atomic mass is 32.3. The van der Waals surface area contributed by atoms with Gasteiger partial charge in [0.2, 0.25) is 11.8 Å². The zero-order chi connectivity index (χ0) is 20.5. The lowest BCUT2D eigenvalue weighted by atomic mass is 9.83. The van der Waals surface area contributed by atoms with E-state index >= 15 is 0 Å². The zero-order valence-corrected chi connectivity index (χ0v) is 16.2. The molecule has 2 N–H and O–H groups in total. The maximum atomic E-state index is 12.5. The molecule has 2 aliphatic rings. The maximum Gasteiger partial charge on any atom is 0.397 e. The van der Waals surface area contributed by atoms with Gasteiger partial charge in [-0.1, -0.05) is 0 Å². The van der Waals surface area contributed by atoms with Crippen molar-refractivity contribution in [1.82, 2.24) is 10.2 Å². The third kappa shape index (κ3) is 4.43. The Morgan fingerprint density at radius 1 is 1.44 bits per heavy atom. The second-order valence-electron chi connectivity index (χ2n) is 5.80. The first-order chi connectivity index (χ1) is 12.5. The number of esters is 1. The summed E-state index contributed by atoms with van der Waals surface area (Å²) >= 11 is 0. The predicted molar refractivity (Wildman–Crippen MR) is 91.0 cm³/mol. The highest BCUT2D eigenvalue weighted by molar-refractivity contribution is 7.91. The molecule has 150 valence electrons. The Morgan fingerprint density at radius 2 is 2.07 bits per heavy atom. The Morgan fingerprint density at radius 3 is 2.59 bits per heavy atom. The van der Waals surface area contributed by atoms with Crippen LogP contribution in [0.25, 0.3) is 0 Å². The number of ether oxygens (including phenoxy) is 1. The zero-order valence-electron chi connectivity index (χ0n) is 14.6. The summed E-state index contributed by atoms with van der Waals surface area (Å²) in [4.78, 5) is 36.6. The summed E-state index contributed by atoms with van der Waals surface area (Å²) in [5, 5.41) is 3.45. The van der Waals surface area contributed by atoms with Crippen LogP contribution in [0.1, 0.15) is 20.3 Å². The van der Waals surface area contributed by atoms with E-state index in [9.17, 15) is 27.0 Å². The summed E-state index contributed by atoms with van der Waals surface area (Å²) in [7, 11) is -5.52. The molecule has 27 heavy (non-hydrogen) atoms. The van der Waals surface area contributed by atoms with Crippen molar-refractivity contribution < 1.29 is 40.5 Å². The Hall–Kier alpha value is -2.09. The van der Waals surface area contributed by atoms with Gasteiger partial charge in [0.15, 0.2) is 0 Å². The molecule has 1 fully saturated rings. The molecule has 1 saturated heterocycles. The molecule has 0 bridgehead atoms. The largest absolute Gasteiger partial charge is 0.464 e. The second kappa shape index (κ2) is 7.88. The van der Waals surface area contributed by atoms with Crippen LogP contribution in [0.2, 0.25) is 0 Å². The van der Waals surface area contributed by atoms with E-state index in [1.807, 2.05) is 0 Å². The van der Waals surface area contributed by atoms with Crippen molar-refractivity contribution in [1.29, 1.82) is 0 Å². The molecule has 0 aromatic carbocycles. The summed E-state index contributed by atoms with van der Waals surface area (Å²) in [5.41, 5.74) is -0.186. The van der Waals surface area contributed by atoms with Crippen molar-refractivity contribution in [3.05, 3.63) is 22.2 Å². The van der Waals surface area contributed by atoms with Gasteiger partial charge in [0, 0.05) is 25.0 Å². The van der Waals surface area contributed by atoms with E-state index in [-0.39, 0.29) is 22.9 Å². The predicted octanol–water partition coefficient (Wildman–Crippen LogP) is -0.834. The van der Waals surface area contributed by atoms with Gasteiger partial charge in [0.1, 0.15) is 5.70 Å². The fourth-order valence-electron chi connectivity index (χ4n) is 3.03. The molecule has 4 atom stereocenters. The van der Waals surface area contributed by atoms with Crippen molar-refractivity contribution in [2.24, 2.45) is 5.92 Å². The van der Waals surface area contributed by atoms with E-state index in [0.717, 1.165) is 23.6 Å². The molecule has 2 amide bonds. The summed E-state index contributed by atoms with van der Waals surface area (Å²) < 4.78 is 52.1. The average Bonchev–Trinajstić information content (AvgIpc) is 2.87. The molecule has 0 aliphatic carbocycles. The van der Waals surface area contributed by atoms with Crippen LogP contribution in [0.5, 0.6) is 0 Å². The molecule has 0 aromatic rings. The van der Waals surface area contributed by atoms with Crippen LogP contribution in [-0.4, -0.2) is 59.1 Å². The van der Waals surface area contributed by atoms with Crippen LogP contribution in [0.3, 0.4) is 0 Å². The molecule has 0 aromatic heterocycles. The minimum atomic E-state index is -4.77. The van der Waals surface area contributed by atoms with Gasteiger partial charge < -0.3 is 15.0 Å². The van der Waals surface area contributed by atoms with E-state index < -0.39 is 51.1 Å². The van der Waals surface area contributed by atoms with Crippen LogP contribution >= 0.6 is 0 Å². The molecule has 13 heteroatoms. The third-order valence-corrected chi connectivity index (χ3v) is 5.82. The van der Waals surface area contributed by atoms with Crippen molar-refractivity contribution >= 4 is 39.0 Å². The van der Waals surface area contributed by atoms with Crippen molar-refractivity contribution in [3.63, 3.8) is 0 Å². The fraction of sp³-hybridized carbons (Fsp3) is 0.500. The van der Waals surface area contributed by atoms with Gasteiger partial charge in [-0.15, -0.1) is 0 Å². The van der Waals surface area contributed by atoms with Gasteiger partial charge in [-0.3, -0.25) is 14.1 Å². The molecule has 2 heterocycles. The van der Waals surface area contributed by atoms with Crippen LogP contribution in [0, 0.1) is 5.92 Å². The molecule has 11 nitrogen and oxygen atoms in total. The van der Waals surface area contributed by atoms with E-state index in [1.54, 1.807) is 0 Å². The minimum Gasteiger partial charge on any atom is -0.464 e. The molecule has 1 unspecified atom stereocenters. The number of rotatable bonds is 7. The highest BCUT2D eigenvalue weighted by Crippen LogP contribution is 2.45. The first-order valence-electron chi connectivity index (χ1n) is 7.62. The summed E-state index contributed by atoms with van der Waals surface area (Å²) in [6.07, 6.45) is -0.0218. The van der Waals surface area contributed by atoms with Crippen molar-refractivity contribution in [2.75, 3.05) is 7.11 Å². The molecule has 0 spiro atoms. The highest BCUT2D eigenvalue weighted by Gasteiger charge is 2.58. The molecular formula is C14H18N2O9S2. The first-order valence-corrected chi connectivity index (χ1v) is 10.2. The smallest absolute Gasteiger partial charge is 0.397 e. The Labute approximate surface area is 157 Å². The van der Waals surface area contributed by atoms with Gasteiger partial charge in [0.05, 0.1) is 40.9 Å². The quantitative estimate of drug-likeness (QED) is 0.303. The minimum absolute atomic E-state index is 0.0110. The number of nitrogens with zero attached hydrogens (tertiary/aromatic N) is 1. The van der Waals surface area contributed by atoms with Gasteiger partial charge >= 0.3 is 16.4 Å². The number of amides is 2. The molecular weight excluding hydrogens is 404 g/mol. The third-order valence-electron chi connectivity index (χ3n) is 4.05. The number of carbonyl (C=O) groups excluding carboxylic acids is 3. The van der Waals surface area contributed by atoms with Gasteiger partial charge in [0.25, 0.3) is 0 Å². The van der Waals surface area contributed by atoms with E-state index in [1.165, 1.54) is 13.8 Å². The SMILES string of the molecule is COC(=O)C1=C(S(=O)/C=C/NC(C)=O)C[C@@H]2[C@H]([C@H](C)OS(=O)(=O)O)C(=O)N12. The van der Waals surface area contributed by atoms with Crippen LogP contribution in [0.15, 0.2) is 22.2 Å². The summed E-state index contributed by atoms with van der Waals surface area (Å²) in [6.45, 7) is 2.55. The van der Waals surface area contributed by atoms with Crippen molar-refractivity contribution in [3.8, 4) is 0 Å². The lowest BCUT2D eigenvalue weighted by Crippen LogP contribution is -2.62. The number of carbonyl (C=O) groups is 3. The first kappa shape index (κ1) is 21.2. The monoisotopic (exact) mass is 422 g/mol. The normalized spacial score (nSPS) is 24.4. The van der Waals surface area contributed by atoms with Gasteiger partial charge in [-0.25, -0.2) is 13.2 Å². The van der Waals surface area contributed by atoms with Crippen LogP contribution in [-0.2, 0) is 44.5 Å². The van der Waals surface area contributed by atoms with Crippen LogP contribution < -0.4 is 5.32 Å². The number of methoxy groups -OCH3 is 1. The molecule has 2 rings (SSSR count).